The number of benzene rings is 2. The molecule has 0 radical (unpaired) electrons. The van der Waals surface area contributed by atoms with E-state index < -0.39 is 52.1 Å². The van der Waals surface area contributed by atoms with Gasteiger partial charge in [-0.25, -0.2) is 0 Å². The lowest BCUT2D eigenvalue weighted by atomic mass is 9.75. The van der Waals surface area contributed by atoms with Crippen molar-refractivity contribution in [1.82, 2.24) is 4.90 Å². The van der Waals surface area contributed by atoms with Crippen LogP contribution in [0.4, 0.5) is 0 Å². The first-order valence-electron chi connectivity index (χ1n) is 11.2. The molecule has 0 bridgehead atoms. The lowest BCUT2D eigenvalue weighted by molar-refractivity contribution is -0.197. The Kier molecular flexibility index (Phi) is 6.93. The van der Waals surface area contributed by atoms with E-state index in [0.717, 1.165) is 5.56 Å². The summed E-state index contributed by atoms with van der Waals surface area (Å²) in [4.78, 5) is 14.0. The molecule has 1 heterocycles. The molecule has 2 fully saturated rings. The van der Waals surface area contributed by atoms with Gasteiger partial charge in [-0.05, 0) is 37.1 Å². The number of nitrogens with zero attached hydrogens (tertiary/aromatic N) is 1. The predicted octanol–water partition coefficient (Wildman–Crippen LogP) is 0.0961. The zero-order valence-corrected chi connectivity index (χ0v) is 20.1. The minimum Gasteiger partial charge on any atom is -0.468 e. The summed E-state index contributed by atoms with van der Waals surface area (Å²) in [5.41, 5.74) is -0.690. The van der Waals surface area contributed by atoms with Crippen LogP contribution in [0.15, 0.2) is 53.4 Å². The average Bonchev–Trinajstić information content (AvgIpc) is 3.11. The maximum Gasteiger partial charge on any atom is 0.339 e. The summed E-state index contributed by atoms with van der Waals surface area (Å²) in [6.07, 6.45) is -5.05. The van der Waals surface area contributed by atoms with E-state index in [1.807, 2.05) is 6.92 Å². The molecule has 4 rings (SSSR count). The van der Waals surface area contributed by atoms with Crippen molar-refractivity contribution >= 4 is 16.1 Å². The normalized spacial score (nSPS) is 31.1. The molecule has 1 aliphatic heterocycles. The lowest BCUT2D eigenvalue weighted by Gasteiger charge is -2.45. The third kappa shape index (κ3) is 4.67. The summed E-state index contributed by atoms with van der Waals surface area (Å²) >= 11 is 0. The van der Waals surface area contributed by atoms with Crippen molar-refractivity contribution in [2.24, 2.45) is 0 Å². The number of likely N-dealkylation sites (tertiary alicyclic amines) is 1. The molecule has 190 valence electrons. The molecule has 6 atom stereocenters. The summed E-state index contributed by atoms with van der Waals surface area (Å²) in [7, 11) is -3.08. The van der Waals surface area contributed by atoms with Crippen molar-refractivity contribution < 1.29 is 42.6 Å². The van der Waals surface area contributed by atoms with Gasteiger partial charge in [0.25, 0.3) is 0 Å². The van der Waals surface area contributed by atoms with Crippen molar-refractivity contribution in [3.63, 3.8) is 0 Å². The van der Waals surface area contributed by atoms with Crippen LogP contribution in [-0.2, 0) is 26.2 Å². The van der Waals surface area contributed by atoms with E-state index in [0.29, 0.717) is 0 Å². The Bertz CT molecular complexity index is 1190. The largest absolute Gasteiger partial charge is 0.468 e. The SMILES string of the molecule is COC(=O)[C@@H]1C[C@@]2(O)[C@@H](O)[C@@H](O)[C@H](O)C[C@H]2N1Cc1ccccc1S(=O)(=O)Oc1ccc(C)cc1. The van der Waals surface area contributed by atoms with Crippen LogP contribution < -0.4 is 4.18 Å². The predicted molar refractivity (Wildman–Crippen MR) is 123 cm³/mol. The van der Waals surface area contributed by atoms with E-state index in [9.17, 15) is 33.6 Å². The van der Waals surface area contributed by atoms with Gasteiger partial charge in [-0.1, -0.05) is 35.9 Å². The summed E-state index contributed by atoms with van der Waals surface area (Å²) in [5, 5.41) is 42.2. The Morgan fingerprint density at radius 3 is 2.43 bits per heavy atom. The summed E-state index contributed by atoms with van der Waals surface area (Å²) < 4.78 is 36.5. The third-order valence-electron chi connectivity index (χ3n) is 6.89. The molecule has 0 amide bonds. The number of ether oxygens (including phenoxy) is 1. The zero-order valence-electron chi connectivity index (χ0n) is 19.3. The van der Waals surface area contributed by atoms with Crippen LogP contribution in [0, 0.1) is 6.92 Å². The third-order valence-corrected chi connectivity index (χ3v) is 8.24. The minimum absolute atomic E-state index is 0.128. The van der Waals surface area contributed by atoms with Crippen LogP contribution in [0.5, 0.6) is 5.75 Å². The second kappa shape index (κ2) is 9.49. The van der Waals surface area contributed by atoms with Crippen molar-refractivity contribution in [3.05, 3.63) is 59.7 Å². The molecule has 2 aromatic rings. The summed E-state index contributed by atoms with van der Waals surface area (Å²) in [5.74, 6) is -0.554. The van der Waals surface area contributed by atoms with Gasteiger partial charge in [-0.2, -0.15) is 8.42 Å². The van der Waals surface area contributed by atoms with E-state index in [2.05, 4.69) is 0 Å². The van der Waals surface area contributed by atoms with Gasteiger partial charge in [0.05, 0.1) is 13.2 Å². The number of methoxy groups -OCH3 is 1. The van der Waals surface area contributed by atoms with Gasteiger partial charge in [0.1, 0.15) is 34.5 Å². The highest BCUT2D eigenvalue weighted by Crippen LogP contribution is 2.44. The molecule has 11 heteroatoms. The molecule has 2 aliphatic rings. The topological polar surface area (TPSA) is 154 Å². The number of carbonyl (C=O) groups excluding carboxylic acids is 1. The van der Waals surface area contributed by atoms with Crippen molar-refractivity contribution in [1.29, 1.82) is 0 Å². The highest BCUT2D eigenvalue weighted by molar-refractivity contribution is 7.87. The van der Waals surface area contributed by atoms with Gasteiger partial charge >= 0.3 is 16.1 Å². The van der Waals surface area contributed by atoms with Crippen molar-refractivity contribution in [2.45, 2.75) is 67.2 Å². The van der Waals surface area contributed by atoms with Gasteiger partial charge < -0.3 is 29.3 Å². The molecule has 0 spiro atoms. The Labute approximate surface area is 203 Å². The Balaban J connectivity index is 1.69. The number of aliphatic hydroxyl groups excluding tert-OH is 3. The molecule has 0 unspecified atom stereocenters. The molecule has 35 heavy (non-hydrogen) atoms. The maximum absolute atomic E-state index is 13.2. The Morgan fingerprint density at radius 1 is 1.11 bits per heavy atom. The van der Waals surface area contributed by atoms with Gasteiger partial charge in [0.2, 0.25) is 0 Å². The number of hydrogen-bond donors (Lipinski definition) is 4. The maximum atomic E-state index is 13.2. The fourth-order valence-corrected chi connectivity index (χ4v) is 6.17. The van der Waals surface area contributed by atoms with Crippen LogP contribution >= 0.6 is 0 Å². The number of hydrogen-bond acceptors (Lipinski definition) is 10. The molecule has 1 saturated carbocycles. The van der Waals surface area contributed by atoms with E-state index in [1.165, 1.54) is 24.1 Å². The first kappa shape index (κ1) is 25.5. The van der Waals surface area contributed by atoms with Gasteiger partial charge in [0.15, 0.2) is 0 Å². The molecule has 0 aromatic heterocycles. The molecule has 1 aliphatic carbocycles. The fourth-order valence-electron chi connectivity index (χ4n) is 5.01. The molecule has 4 N–H and O–H groups in total. The van der Waals surface area contributed by atoms with Gasteiger partial charge in [-0.15, -0.1) is 0 Å². The Morgan fingerprint density at radius 2 is 1.77 bits per heavy atom. The monoisotopic (exact) mass is 507 g/mol. The fraction of sp³-hybridized carbons (Fsp3) is 0.458. The highest BCUT2D eigenvalue weighted by atomic mass is 32.2. The van der Waals surface area contributed by atoms with Crippen LogP contribution in [0.25, 0.3) is 0 Å². The van der Waals surface area contributed by atoms with Crippen molar-refractivity contribution in [3.8, 4) is 5.75 Å². The molecule has 10 nitrogen and oxygen atoms in total. The van der Waals surface area contributed by atoms with Crippen LogP contribution in [0.3, 0.4) is 0 Å². The number of carbonyl (C=O) groups is 1. The average molecular weight is 508 g/mol. The number of aliphatic hydroxyl groups is 4. The molecular weight excluding hydrogens is 478 g/mol. The molecular formula is C24H29NO9S. The number of aryl methyl sites for hydroxylation is 1. The first-order chi connectivity index (χ1) is 16.5. The molecule has 2 aromatic carbocycles. The lowest BCUT2D eigenvalue weighted by Crippen LogP contribution is -2.64. The van der Waals surface area contributed by atoms with E-state index >= 15 is 0 Å². The summed E-state index contributed by atoms with van der Waals surface area (Å²) in [6, 6.07) is 10.6. The quantitative estimate of drug-likeness (QED) is 0.313. The van der Waals surface area contributed by atoms with E-state index in [4.69, 9.17) is 8.92 Å². The minimum atomic E-state index is -4.26. The second-order valence-electron chi connectivity index (χ2n) is 9.12. The number of fused-ring (bicyclic) bond motifs is 1. The van der Waals surface area contributed by atoms with E-state index in [1.54, 1.807) is 36.4 Å². The Hall–Kier alpha value is -2.54. The molecule has 1 saturated heterocycles. The van der Waals surface area contributed by atoms with Crippen LogP contribution in [-0.4, -0.2) is 82.8 Å². The highest BCUT2D eigenvalue weighted by Gasteiger charge is 2.62. The first-order valence-corrected chi connectivity index (χ1v) is 12.6. The number of esters is 1. The summed E-state index contributed by atoms with van der Waals surface area (Å²) in [6.45, 7) is 1.73. The van der Waals surface area contributed by atoms with Crippen LogP contribution in [0.2, 0.25) is 0 Å². The van der Waals surface area contributed by atoms with Gasteiger partial charge in [-0.3, -0.25) is 9.69 Å². The zero-order chi connectivity index (χ0) is 25.5. The second-order valence-corrected chi connectivity index (χ2v) is 10.6. The van der Waals surface area contributed by atoms with Crippen molar-refractivity contribution in [2.75, 3.05) is 7.11 Å². The van der Waals surface area contributed by atoms with E-state index in [-0.39, 0.29) is 35.6 Å². The standard InChI is InChI=1S/C24H29NO9S/c1-14-7-9-16(10-8-14)34-35(31,32)19-6-4-3-5-15(19)13-25-17(23(29)33-2)12-24(30)20(25)11-18(26)21(27)22(24)28/h3-10,17-18,20-22,26-28,30H,11-13H2,1-2H3/t17-,18+,20+,21-,22-,24-/m0/s1. The smallest absolute Gasteiger partial charge is 0.339 e. The number of rotatable bonds is 6. The van der Waals surface area contributed by atoms with Gasteiger partial charge in [0, 0.05) is 19.0 Å². The van der Waals surface area contributed by atoms with Crippen LogP contribution in [0.1, 0.15) is 24.0 Å².